The summed E-state index contributed by atoms with van der Waals surface area (Å²) in [5, 5.41) is 2.49. The van der Waals surface area contributed by atoms with Gasteiger partial charge in [0.05, 0.1) is 28.0 Å². The summed E-state index contributed by atoms with van der Waals surface area (Å²) in [7, 11) is 0. The summed E-state index contributed by atoms with van der Waals surface area (Å²) >= 11 is 0. The van der Waals surface area contributed by atoms with Crippen LogP contribution >= 0.6 is 0 Å². The molecule has 3 heterocycles. The Balaban J connectivity index is 0.850. The van der Waals surface area contributed by atoms with Crippen LogP contribution in [0.4, 0.5) is 11.4 Å². The van der Waals surface area contributed by atoms with Crippen LogP contribution < -0.4 is 4.90 Å². The highest BCUT2D eigenvalue weighted by molar-refractivity contribution is 6.10. The normalized spacial score (nSPS) is 17.2. The first-order valence-electron chi connectivity index (χ1n) is 24.5. The average molecular weight is 899 g/mol. The second-order valence-corrected chi connectivity index (χ2v) is 19.2. The van der Waals surface area contributed by atoms with E-state index in [1.165, 1.54) is 49.9 Å². The molecule has 11 aromatic rings. The van der Waals surface area contributed by atoms with Crippen LogP contribution in [0.25, 0.3) is 94.8 Å². The number of benzene rings is 9. The number of aromatic nitrogens is 3. The highest BCUT2D eigenvalue weighted by atomic mass is 15.2. The Morgan fingerprint density at radius 1 is 0.429 bits per heavy atom. The maximum atomic E-state index is 5.12. The molecule has 70 heavy (non-hydrogen) atoms. The first kappa shape index (κ1) is 41.6. The molecule has 0 saturated carbocycles. The lowest BCUT2D eigenvalue weighted by Gasteiger charge is -2.46. The molecule has 0 amide bonds. The van der Waals surface area contributed by atoms with Crippen molar-refractivity contribution in [3.8, 4) is 73.0 Å². The van der Waals surface area contributed by atoms with Crippen LogP contribution in [0.2, 0.25) is 0 Å². The Morgan fingerprint density at radius 2 is 0.943 bits per heavy atom. The van der Waals surface area contributed by atoms with E-state index in [-0.39, 0.29) is 5.54 Å². The molecule has 1 aliphatic heterocycles. The fraction of sp³-hybridized carbons (Fsp3) is 0.0909. The molecule has 0 bridgehead atoms. The summed E-state index contributed by atoms with van der Waals surface area (Å²) < 4.78 is 2.43. The van der Waals surface area contributed by atoms with Gasteiger partial charge in [-0.1, -0.05) is 177 Å². The van der Waals surface area contributed by atoms with Crippen molar-refractivity contribution < 1.29 is 0 Å². The Labute approximate surface area is 409 Å². The zero-order valence-electron chi connectivity index (χ0n) is 39.2. The van der Waals surface area contributed by atoms with E-state index in [9.17, 15) is 0 Å². The summed E-state index contributed by atoms with van der Waals surface area (Å²) in [5.41, 5.74) is 19.4. The predicted octanol–water partition coefficient (Wildman–Crippen LogP) is 17.2. The van der Waals surface area contributed by atoms with Gasteiger partial charge < -0.3 is 9.47 Å². The van der Waals surface area contributed by atoms with Crippen LogP contribution in [-0.2, 0) is 0 Å². The number of para-hydroxylation sites is 2. The first-order chi connectivity index (χ1) is 34.5. The molecule has 0 radical (unpaired) electrons. The van der Waals surface area contributed by atoms with E-state index in [1.807, 2.05) is 12.1 Å². The SMILES string of the molecule is CC1CC=CC2c3cc(-c4ccc5c(c4)c4ccccc4n5-c4cccc(-c5cccc(-c6cccc(-c7nc(-c8ccccc8)cc(-c8ccccc8)n7)c6)c5)c4)ccc3N(c3ccccc3)C12C. The first-order valence-corrected chi connectivity index (χ1v) is 24.5. The topological polar surface area (TPSA) is 34.0 Å². The van der Waals surface area contributed by atoms with Crippen molar-refractivity contribution >= 4 is 33.2 Å². The quantitative estimate of drug-likeness (QED) is 0.143. The Hall–Kier alpha value is -8.60. The van der Waals surface area contributed by atoms with Crippen molar-refractivity contribution in [2.24, 2.45) is 5.92 Å². The molecule has 9 aromatic carbocycles. The minimum Gasteiger partial charge on any atom is -0.334 e. The third-order valence-corrected chi connectivity index (χ3v) is 15.2. The number of nitrogens with zero attached hydrogens (tertiary/aromatic N) is 4. The van der Waals surface area contributed by atoms with Crippen LogP contribution in [0.5, 0.6) is 0 Å². The van der Waals surface area contributed by atoms with Crippen LogP contribution in [-0.4, -0.2) is 20.1 Å². The number of anilines is 2. The molecule has 2 aliphatic rings. The highest BCUT2D eigenvalue weighted by Gasteiger charge is 2.52. The van der Waals surface area contributed by atoms with Crippen LogP contribution in [0.3, 0.4) is 0 Å². The van der Waals surface area contributed by atoms with Crippen LogP contribution in [0, 0.1) is 5.92 Å². The zero-order valence-corrected chi connectivity index (χ0v) is 39.2. The lowest BCUT2D eigenvalue weighted by molar-refractivity contribution is 0.290. The number of fused-ring (bicyclic) bond motifs is 6. The number of allylic oxidation sites excluding steroid dienone is 1. The number of hydrogen-bond acceptors (Lipinski definition) is 3. The van der Waals surface area contributed by atoms with E-state index in [2.05, 4.69) is 254 Å². The van der Waals surface area contributed by atoms with Gasteiger partial charge in [-0.05, 0) is 131 Å². The van der Waals surface area contributed by atoms with Gasteiger partial charge in [0, 0.05) is 50.4 Å². The van der Waals surface area contributed by atoms with Gasteiger partial charge in [0.2, 0.25) is 0 Å². The molecule has 334 valence electrons. The van der Waals surface area contributed by atoms with E-state index in [1.54, 1.807) is 0 Å². The van der Waals surface area contributed by atoms with Gasteiger partial charge in [-0.3, -0.25) is 0 Å². The second-order valence-electron chi connectivity index (χ2n) is 19.2. The molecule has 3 atom stereocenters. The Morgan fingerprint density at radius 3 is 1.64 bits per heavy atom. The molecule has 0 saturated heterocycles. The largest absolute Gasteiger partial charge is 0.334 e. The lowest BCUT2D eigenvalue weighted by Crippen LogP contribution is -2.49. The third-order valence-electron chi connectivity index (χ3n) is 15.2. The van der Waals surface area contributed by atoms with Gasteiger partial charge in [0.1, 0.15) is 0 Å². The van der Waals surface area contributed by atoms with Crippen LogP contribution in [0.1, 0.15) is 31.7 Å². The van der Waals surface area contributed by atoms with Crippen molar-refractivity contribution in [2.45, 2.75) is 31.7 Å². The van der Waals surface area contributed by atoms with Gasteiger partial charge in [0.25, 0.3) is 0 Å². The van der Waals surface area contributed by atoms with E-state index in [4.69, 9.17) is 9.97 Å². The number of rotatable bonds is 8. The highest BCUT2D eigenvalue weighted by Crippen LogP contribution is 2.58. The monoisotopic (exact) mass is 898 g/mol. The average Bonchev–Trinajstić information content (AvgIpc) is 3.90. The standard InChI is InChI=1S/C66H50N4/c1-44-18-14-32-59-58-42-52(35-37-64(58)70(66(44,59)2)54-28-10-5-11-29-54)51-34-36-63-57(41-51)56-31-12-13-33-62(56)69(63)55-30-17-26-50(40-55)48-24-15-23-47(38-48)49-25-16-27-53(39-49)65-67-60(45-19-6-3-7-20-45)43-61(68-65)46-21-8-4-9-22-46/h3-17,19-44,59H,18H2,1-2H3. The molecule has 4 nitrogen and oxygen atoms in total. The molecule has 0 fully saturated rings. The van der Waals surface area contributed by atoms with Gasteiger partial charge in [-0.15, -0.1) is 0 Å². The van der Waals surface area contributed by atoms with Gasteiger partial charge in [0.15, 0.2) is 5.82 Å². The maximum absolute atomic E-state index is 5.12. The van der Waals surface area contributed by atoms with Crippen molar-refractivity contribution in [1.29, 1.82) is 0 Å². The summed E-state index contributed by atoms with van der Waals surface area (Å²) in [6, 6.07) is 83.3. The fourth-order valence-corrected chi connectivity index (χ4v) is 11.4. The van der Waals surface area contributed by atoms with Gasteiger partial charge in [-0.25, -0.2) is 9.97 Å². The molecule has 0 spiro atoms. The minimum absolute atomic E-state index is 0.0470. The summed E-state index contributed by atoms with van der Waals surface area (Å²) in [5.74, 6) is 1.51. The molecule has 4 heteroatoms. The molecule has 13 rings (SSSR count). The van der Waals surface area contributed by atoms with Crippen molar-refractivity contribution in [2.75, 3.05) is 4.90 Å². The Kier molecular flexibility index (Phi) is 10.0. The zero-order chi connectivity index (χ0) is 46.8. The molecule has 3 unspecified atom stereocenters. The summed E-state index contributed by atoms with van der Waals surface area (Å²) in [4.78, 5) is 12.9. The maximum Gasteiger partial charge on any atom is 0.160 e. The van der Waals surface area contributed by atoms with E-state index < -0.39 is 0 Å². The predicted molar refractivity (Wildman–Crippen MR) is 292 cm³/mol. The van der Waals surface area contributed by atoms with Crippen molar-refractivity contribution in [1.82, 2.24) is 14.5 Å². The second kappa shape index (κ2) is 16.9. The van der Waals surface area contributed by atoms with Crippen LogP contribution in [0.15, 0.2) is 243 Å². The van der Waals surface area contributed by atoms with Gasteiger partial charge in [-0.2, -0.15) is 0 Å². The lowest BCUT2D eigenvalue weighted by atomic mass is 9.70. The third kappa shape index (κ3) is 6.98. The summed E-state index contributed by atoms with van der Waals surface area (Å²) in [6.07, 6.45) is 5.95. The number of hydrogen-bond donors (Lipinski definition) is 0. The van der Waals surface area contributed by atoms with E-state index >= 15 is 0 Å². The van der Waals surface area contributed by atoms with Crippen molar-refractivity contribution in [3.05, 3.63) is 248 Å². The Bertz CT molecular complexity index is 3740. The minimum atomic E-state index is -0.0470. The van der Waals surface area contributed by atoms with E-state index in [0.29, 0.717) is 17.7 Å². The molecular formula is C66H50N4. The fourth-order valence-electron chi connectivity index (χ4n) is 11.4. The molecular weight excluding hydrogens is 849 g/mol. The van der Waals surface area contributed by atoms with Crippen molar-refractivity contribution in [3.63, 3.8) is 0 Å². The van der Waals surface area contributed by atoms with Gasteiger partial charge >= 0.3 is 0 Å². The molecule has 2 aromatic heterocycles. The summed E-state index contributed by atoms with van der Waals surface area (Å²) in [6.45, 7) is 4.88. The van der Waals surface area contributed by atoms with E-state index in [0.717, 1.165) is 62.4 Å². The smallest absolute Gasteiger partial charge is 0.160 e. The molecule has 1 aliphatic carbocycles. The molecule has 0 N–H and O–H groups in total.